The lowest BCUT2D eigenvalue weighted by Crippen LogP contribution is -2.36. The second kappa shape index (κ2) is 8.60. The molecule has 2 N–H and O–H groups in total. The zero-order chi connectivity index (χ0) is 21.1. The second-order valence-electron chi connectivity index (χ2n) is 6.31. The van der Waals surface area contributed by atoms with Crippen LogP contribution in [0.1, 0.15) is 5.69 Å². The third kappa shape index (κ3) is 4.32. The lowest BCUT2D eigenvalue weighted by atomic mass is 10.2. The molecule has 0 radical (unpaired) electrons. The minimum atomic E-state index is -0.798. The molecule has 0 fully saturated rings. The Kier molecular flexibility index (Phi) is 5.73. The maximum absolute atomic E-state index is 13.4. The summed E-state index contributed by atoms with van der Waals surface area (Å²) in [6, 6.07) is 12.7. The van der Waals surface area contributed by atoms with Gasteiger partial charge in [-0.05, 0) is 24.3 Å². The Morgan fingerprint density at radius 2 is 1.97 bits per heavy atom. The van der Waals surface area contributed by atoms with Crippen molar-refractivity contribution < 1.29 is 14.0 Å². The summed E-state index contributed by atoms with van der Waals surface area (Å²) in [6.07, 6.45) is 0.442. The summed E-state index contributed by atoms with van der Waals surface area (Å²) in [6.45, 7) is 0.232. The molecule has 10 heteroatoms. The highest BCUT2D eigenvalue weighted by Crippen LogP contribution is 2.22. The van der Waals surface area contributed by atoms with E-state index in [0.29, 0.717) is 33.5 Å². The van der Waals surface area contributed by atoms with Gasteiger partial charge in [0.05, 0.1) is 16.4 Å². The summed E-state index contributed by atoms with van der Waals surface area (Å²) in [7, 11) is 0. The fourth-order valence-electron chi connectivity index (χ4n) is 2.77. The zero-order valence-electron chi connectivity index (χ0n) is 15.4. The highest BCUT2D eigenvalue weighted by atomic mass is 35.5. The van der Waals surface area contributed by atoms with Crippen LogP contribution in [0.3, 0.4) is 0 Å². The van der Waals surface area contributed by atoms with Gasteiger partial charge in [0.25, 0.3) is 0 Å². The summed E-state index contributed by atoms with van der Waals surface area (Å²) in [5.41, 5.74) is 1.77. The minimum absolute atomic E-state index is 0.232. The highest BCUT2D eigenvalue weighted by Gasteiger charge is 2.16. The van der Waals surface area contributed by atoms with Gasteiger partial charge in [-0.25, -0.2) is 8.91 Å². The van der Waals surface area contributed by atoms with Gasteiger partial charge in [-0.15, -0.1) is 16.4 Å². The molecule has 2 aromatic heterocycles. The van der Waals surface area contributed by atoms with E-state index < -0.39 is 11.8 Å². The van der Waals surface area contributed by atoms with Crippen LogP contribution in [-0.2, 0) is 16.0 Å². The molecule has 0 atom stereocenters. The summed E-state index contributed by atoms with van der Waals surface area (Å²) in [5, 5.41) is 11.7. The molecule has 0 saturated carbocycles. The number of halogens is 2. The van der Waals surface area contributed by atoms with Crippen LogP contribution >= 0.6 is 22.9 Å². The first-order chi connectivity index (χ1) is 14.5. The molecule has 0 aliphatic carbocycles. The minimum Gasteiger partial charge on any atom is -0.347 e. The van der Waals surface area contributed by atoms with Gasteiger partial charge in [0.15, 0.2) is 5.82 Å². The van der Waals surface area contributed by atoms with Crippen molar-refractivity contribution >= 4 is 45.4 Å². The van der Waals surface area contributed by atoms with Crippen molar-refractivity contribution in [3.63, 3.8) is 0 Å². The number of carbonyl (C=O) groups excluding carboxylic acids is 2. The summed E-state index contributed by atoms with van der Waals surface area (Å²) in [5.74, 6) is -1.50. The monoisotopic (exact) mass is 443 g/mol. The number of para-hydroxylation sites is 1. The third-order valence-electron chi connectivity index (χ3n) is 4.23. The van der Waals surface area contributed by atoms with Crippen LogP contribution in [0.2, 0.25) is 5.02 Å². The smallest absolute Gasteiger partial charge is 0.313 e. The number of nitrogens with one attached hydrogen (secondary N) is 2. The molecule has 2 heterocycles. The second-order valence-corrected chi connectivity index (χ2v) is 7.55. The van der Waals surface area contributed by atoms with Gasteiger partial charge >= 0.3 is 11.8 Å². The number of fused-ring (bicyclic) bond motifs is 1. The molecule has 0 bridgehead atoms. The van der Waals surface area contributed by atoms with Crippen LogP contribution < -0.4 is 10.6 Å². The van der Waals surface area contributed by atoms with E-state index in [-0.39, 0.29) is 12.4 Å². The number of amides is 2. The predicted molar refractivity (Wildman–Crippen MR) is 113 cm³/mol. The molecule has 30 heavy (non-hydrogen) atoms. The number of hydrogen-bond donors (Lipinski definition) is 2. The van der Waals surface area contributed by atoms with E-state index in [2.05, 4.69) is 20.7 Å². The number of aromatic nitrogens is 3. The van der Waals surface area contributed by atoms with Gasteiger partial charge in [0.2, 0.25) is 4.96 Å². The Morgan fingerprint density at radius 3 is 2.77 bits per heavy atom. The summed E-state index contributed by atoms with van der Waals surface area (Å²) in [4.78, 5) is 29.1. The molecule has 7 nitrogen and oxygen atoms in total. The molecule has 0 saturated heterocycles. The van der Waals surface area contributed by atoms with E-state index in [0.717, 1.165) is 5.69 Å². The van der Waals surface area contributed by atoms with E-state index >= 15 is 0 Å². The van der Waals surface area contributed by atoms with Gasteiger partial charge in [0.1, 0.15) is 5.82 Å². The average Bonchev–Trinajstić information content (AvgIpc) is 3.31. The van der Waals surface area contributed by atoms with Crippen molar-refractivity contribution in [3.05, 3.63) is 70.4 Å². The van der Waals surface area contributed by atoms with E-state index in [1.807, 2.05) is 5.38 Å². The Balaban J connectivity index is 1.37. The van der Waals surface area contributed by atoms with Crippen LogP contribution in [0.15, 0.2) is 53.9 Å². The largest absolute Gasteiger partial charge is 0.347 e. The summed E-state index contributed by atoms with van der Waals surface area (Å²) >= 11 is 7.36. The number of hydrogen-bond acceptors (Lipinski definition) is 5. The van der Waals surface area contributed by atoms with E-state index in [9.17, 15) is 14.0 Å². The Labute approximate surface area is 179 Å². The summed E-state index contributed by atoms with van der Waals surface area (Å²) < 4.78 is 15.1. The first-order valence-electron chi connectivity index (χ1n) is 8.94. The number of thiazole rings is 1. The van der Waals surface area contributed by atoms with Crippen molar-refractivity contribution in [2.75, 3.05) is 11.9 Å². The van der Waals surface area contributed by atoms with Crippen LogP contribution in [0.25, 0.3) is 16.3 Å². The number of rotatable bonds is 5. The standard InChI is InChI=1S/C20H15ClFN5O2S/c21-15-6-1-2-7-16(15)24-19(29)18(28)23-9-8-14-11-30-20-25-17(26-27(14)20)12-4-3-5-13(22)10-12/h1-7,10-11H,8-9H2,(H,23,28)(H,24,29). The predicted octanol–water partition coefficient (Wildman–Crippen LogP) is 3.55. The van der Waals surface area contributed by atoms with Crippen molar-refractivity contribution in [1.29, 1.82) is 0 Å². The lowest BCUT2D eigenvalue weighted by Gasteiger charge is -2.07. The number of carbonyl (C=O) groups is 2. The first-order valence-corrected chi connectivity index (χ1v) is 10.2. The molecule has 0 aliphatic rings. The number of nitrogens with zero attached hydrogens (tertiary/aromatic N) is 3. The van der Waals surface area contributed by atoms with Gasteiger partial charge in [-0.3, -0.25) is 9.59 Å². The molecular weight excluding hydrogens is 429 g/mol. The molecule has 0 aliphatic heterocycles. The molecule has 152 valence electrons. The molecule has 4 aromatic rings. The Hall–Kier alpha value is -3.30. The molecular formula is C20H15ClFN5O2S. The SMILES string of the molecule is O=C(NCCc1csc2nc(-c3cccc(F)c3)nn12)C(=O)Nc1ccccc1Cl. The van der Waals surface area contributed by atoms with Crippen molar-refractivity contribution in [3.8, 4) is 11.4 Å². The van der Waals surface area contributed by atoms with Crippen molar-refractivity contribution in [2.45, 2.75) is 6.42 Å². The molecule has 2 aromatic carbocycles. The maximum Gasteiger partial charge on any atom is 0.313 e. The van der Waals surface area contributed by atoms with E-state index in [1.165, 1.54) is 23.5 Å². The van der Waals surface area contributed by atoms with Gasteiger partial charge < -0.3 is 10.6 Å². The van der Waals surface area contributed by atoms with E-state index in [1.54, 1.807) is 40.9 Å². The van der Waals surface area contributed by atoms with Crippen LogP contribution in [0.5, 0.6) is 0 Å². The molecule has 0 spiro atoms. The fraction of sp³-hybridized carbons (Fsp3) is 0.100. The van der Waals surface area contributed by atoms with Crippen LogP contribution in [-0.4, -0.2) is 33.0 Å². The third-order valence-corrected chi connectivity index (χ3v) is 5.42. The van der Waals surface area contributed by atoms with Crippen molar-refractivity contribution in [2.24, 2.45) is 0 Å². The molecule has 2 amide bonds. The normalized spacial score (nSPS) is 10.9. The fourth-order valence-corrected chi connectivity index (χ4v) is 3.81. The lowest BCUT2D eigenvalue weighted by molar-refractivity contribution is -0.136. The topological polar surface area (TPSA) is 88.4 Å². The first kappa shape index (κ1) is 20.0. The van der Waals surface area contributed by atoms with Crippen LogP contribution in [0, 0.1) is 5.82 Å². The van der Waals surface area contributed by atoms with Gasteiger partial charge in [-0.1, -0.05) is 35.9 Å². The Morgan fingerprint density at radius 1 is 1.13 bits per heavy atom. The quantitative estimate of drug-likeness (QED) is 0.462. The highest BCUT2D eigenvalue weighted by molar-refractivity contribution is 7.15. The maximum atomic E-state index is 13.4. The molecule has 0 unspecified atom stereocenters. The number of benzene rings is 2. The number of anilines is 1. The van der Waals surface area contributed by atoms with Crippen LogP contribution in [0.4, 0.5) is 10.1 Å². The average molecular weight is 444 g/mol. The Bertz CT molecular complexity index is 1240. The van der Waals surface area contributed by atoms with Gasteiger partial charge in [-0.2, -0.15) is 4.98 Å². The van der Waals surface area contributed by atoms with Gasteiger partial charge in [0, 0.05) is 23.9 Å². The van der Waals surface area contributed by atoms with E-state index in [4.69, 9.17) is 11.6 Å². The zero-order valence-corrected chi connectivity index (χ0v) is 17.0. The molecule has 4 rings (SSSR count). The van der Waals surface area contributed by atoms with Crippen molar-refractivity contribution in [1.82, 2.24) is 19.9 Å².